The molecule has 0 radical (unpaired) electrons. The molecule has 3 atom stereocenters. The third kappa shape index (κ3) is 4.62. The van der Waals surface area contributed by atoms with Gasteiger partial charge in [-0.05, 0) is 52.7 Å². The zero-order valence-corrected chi connectivity index (χ0v) is 17.6. The van der Waals surface area contributed by atoms with Crippen molar-refractivity contribution in [1.82, 2.24) is 24.7 Å². The van der Waals surface area contributed by atoms with Crippen molar-refractivity contribution in [3.8, 4) is 0 Å². The Morgan fingerprint density at radius 2 is 2.29 bits per heavy atom. The molecule has 1 amide bonds. The number of likely N-dealkylation sites (N-methyl/N-ethyl adjacent to an activating group) is 1. The van der Waals surface area contributed by atoms with Gasteiger partial charge in [-0.1, -0.05) is 12.1 Å². The molecule has 0 aromatic carbocycles. The topological polar surface area (TPSA) is 79.4 Å². The van der Waals surface area contributed by atoms with Crippen LogP contribution < -0.4 is 5.32 Å². The third-order valence-electron chi connectivity index (χ3n) is 5.77. The first kappa shape index (κ1) is 20.5. The minimum atomic E-state index is -0.267. The molecule has 1 N–H and O–H groups in total. The lowest BCUT2D eigenvalue weighted by Gasteiger charge is -2.42. The summed E-state index contributed by atoms with van der Waals surface area (Å²) in [6, 6.07) is 1.79. The summed E-state index contributed by atoms with van der Waals surface area (Å²) < 4.78 is 6.97. The van der Waals surface area contributed by atoms with Crippen molar-refractivity contribution in [3.63, 3.8) is 0 Å². The molecular formula is C20H32N6O2. The van der Waals surface area contributed by atoms with Crippen LogP contribution in [0, 0.1) is 12.8 Å². The maximum Gasteiger partial charge on any atom is 0.243 e. The van der Waals surface area contributed by atoms with Crippen molar-refractivity contribution in [3.05, 3.63) is 29.7 Å². The van der Waals surface area contributed by atoms with Gasteiger partial charge in [0.05, 0.1) is 17.9 Å². The van der Waals surface area contributed by atoms with Crippen molar-refractivity contribution in [2.45, 2.75) is 45.7 Å². The molecule has 1 saturated heterocycles. The lowest BCUT2D eigenvalue weighted by atomic mass is 9.85. The number of aromatic nitrogens is 3. The van der Waals surface area contributed by atoms with E-state index in [1.54, 1.807) is 6.07 Å². The van der Waals surface area contributed by atoms with Crippen LogP contribution in [0.5, 0.6) is 0 Å². The van der Waals surface area contributed by atoms with Gasteiger partial charge in [0.1, 0.15) is 0 Å². The van der Waals surface area contributed by atoms with Crippen LogP contribution >= 0.6 is 0 Å². The molecule has 28 heavy (non-hydrogen) atoms. The number of piperidine rings is 1. The number of hydrogen-bond donors (Lipinski definition) is 1. The molecule has 0 aliphatic carbocycles. The van der Waals surface area contributed by atoms with E-state index < -0.39 is 0 Å². The van der Waals surface area contributed by atoms with E-state index in [1.807, 2.05) is 38.8 Å². The SMILES string of the molecule is CCN1CCC[C@@H](CN(C)C(C)C(=O)Nc2cc(C)no2)[C@@H]1c1cnn(C)c1. The number of amides is 1. The maximum absolute atomic E-state index is 12.6. The van der Waals surface area contributed by atoms with Crippen LogP contribution in [-0.4, -0.2) is 63.4 Å². The van der Waals surface area contributed by atoms with E-state index in [1.165, 1.54) is 12.0 Å². The minimum Gasteiger partial charge on any atom is -0.338 e. The molecule has 0 saturated carbocycles. The summed E-state index contributed by atoms with van der Waals surface area (Å²) in [4.78, 5) is 17.3. The van der Waals surface area contributed by atoms with Gasteiger partial charge in [0.25, 0.3) is 0 Å². The van der Waals surface area contributed by atoms with Crippen LogP contribution in [0.15, 0.2) is 23.0 Å². The van der Waals surface area contributed by atoms with Crippen molar-refractivity contribution in [1.29, 1.82) is 0 Å². The number of nitrogens with one attached hydrogen (secondary N) is 1. The van der Waals surface area contributed by atoms with Crippen molar-refractivity contribution in [2.24, 2.45) is 13.0 Å². The highest BCUT2D eigenvalue weighted by Gasteiger charge is 2.34. The Morgan fingerprint density at radius 1 is 1.50 bits per heavy atom. The van der Waals surface area contributed by atoms with Crippen molar-refractivity contribution in [2.75, 3.05) is 32.0 Å². The molecule has 0 bridgehead atoms. The van der Waals surface area contributed by atoms with Gasteiger partial charge in [-0.25, -0.2) is 0 Å². The largest absolute Gasteiger partial charge is 0.338 e. The first-order valence-electron chi connectivity index (χ1n) is 10.1. The predicted octanol–water partition coefficient (Wildman–Crippen LogP) is 2.45. The van der Waals surface area contributed by atoms with Gasteiger partial charge in [0.15, 0.2) is 0 Å². The van der Waals surface area contributed by atoms with Gasteiger partial charge in [0, 0.05) is 37.5 Å². The molecule has 1 aliphatic rings. The zero-order chi connectivity index (χ0) is 20.3. The van der Waals surface area contributed by atoms with Gasteiger partial charge in [0.2, 0.25) is 11.8 Å². The second-order valence-corrected chi connectivity index (χ2v) is 7.86. The molecule has 1 aliphatic heterocycles. The second kappa shape index (κ2) is 8.87. The first-order valence-corrected chi connectivity index (χ1v) is 10.1. The van der Waals surface area contributed by atoms with E-state index in [0.717, 1.165) is 31.7 Å². The number of likely N-dealkylation sites (tertiary alicyclic amines) is 1. The minimum absolute atomic E-state index is 0.0836. The highest BCUT2D eigenvalue weighted by atomic mass is 16.5. The van der Waals surface area contributed by atoms with E-state index in [-0.39, 0.29) is 11.9 Å². The molecule has 154 valence electrons. The molecule has 3 rings (SSSR count). The highest BCUT2D eigenvalue weighted by Crippen LogP contribution is 2.36. The monoisotopic (exact) mass is 388 g/mol. The molecule has 3 heterocycles. The van der Waals surface area contributed by atoms with Crippen LogP contribution in [0.2, 0.25) is 0 Å². The van der Waals surface area contributed by atoms with Gasteiger partial charge in [-0.2, -0.15) is 5.10 Å². The average Bonchev–Trinajstić information content (AvgIpc) is 3.28. The van der Waals surface area contributed by atoms with Crippen LogP contribution in [0.4, 0.5) is 5.88 Å². The Morgan fingerprint density at radius 3 is 2.89 bits per heavy atom. The summed E-state index contributed by atoms with van der Waals surface area (Å²) in [6.45, 7) is 8.94. The molecule has 0 spiro atoms. The molecule has 2 aromatic heterocycles. The zero-order valence-electron chi connectivity index (χ0n) is 17.6. The molecule has 1 unspecified atom stereocenters. The van der Waals surface area contributed by atoms with Crippen LogP contribution in [0.3, 0.4) is 0 Å². The van der Waals surface area contributed by atoms with E-state index in [2.05, 4.69) is 38.5 Å². The molecule has 2 aromatic rings. The fourth-order valence-electron chi connectivity index (χ4n) is 4.15. The van der Waals surface area contributed by atoms with Gasteiger partial charge in [-0.15, -0.1) is 0 Å². The molecular weight excluding hydrogens is 356 g/mol. The van der Waals surface area contributed by atoms with E-state index >= 15 is 0 Å². The smallest absolute Gasteiger partial charge is 0.243 e. The summed E-state index contributed by atoms with van der Waals surface area (Å²) >= 11 is 0. The van der Waals surface area contributed by atoms with E-state index in [0.29, 0.717) is 17.8 Å². The van der Waals surface area contributed by atoms with Crippen LogP contribution in [-0.2, 0) is 11.8 Å². The lowest BCUT2D eigenvalue weighted by molar-refractivity contribution is -0.120. The Hall–Kier alpha value is -2.19. The quantitative estimate of drug-likeness (QED) is 0.785. The Kier molecular flexibility index (Phi) is 6.51. The first-order chi connectivity index (χ1) is 13.4. The lowest BCUT2D eigenvalue weighted by Crippen LogP contribution is -2.47. The van der Waals surface area contributed by atoms with Gasteiger partial charge >= 0.3 is 0 Å². The predicted molar refractivity (Wildman–Crippen MR) is 108 cm³/mol. The standard InChI is InChI=1S/C20H32N6O2/c1-6-26-9-7-8-16(19(26)17-11-21-25(5)13-17)12-24(4)15(3)20(27)22-18-10-14(2)23-28-18/h10-11,13,15-16,19H,6-9,12H2,1-5H3,(H,22,27)/t15?,16-,19+/m0/s1. The summed E-state index contributed by atoms with van der Waals surface area (Å²) in [5.41, 5.74) is 2.01. The summed E-state index contributed by atoms with van der Waals surface area (Å²) in [5.74, 6) is 0.760. The van der Waals surface area contributed by atoms with Crippen molar-refractivity contribution < 1.29 is 9.32 Å². The molecule has 8 heteroatoms. The number of hydrogen-bond acceptors (Lipinski definition) is 6. The Bertz CT molecular complexity index is 785. The number of anilines is 1. The second-order valence-electron chi connectivity index (χ2n) is 7.86. The van der Waals surface area contributed by atoms with Gasteiger partial charge < -0.3 is 4.52 Å². The number of aryl methyl sites for hydroxylation is 2. The third-order valence-corrected chi connectivity index (χ3v) is 5.77. The van der Waals surface area contributed by atoms with Crippen LogP contribution in [0.1, 0.15) is 44.0 Å². The Balaban J connectivity index is 1.67. The number of carbonyl (C=O) groups excluding carboxylic acids is 1. The highest BCUT2D eigenvalue weighted by molar-refractivity contribution is 5.93. The summed E-state index contributed by atoms with van der Waals surface area (Å²) in [6.07, 6.45) is 6.43. The van der Waals surface area contributed by atoms with Crippen molar-refractivity contribution >= 4 is 11.8 Å². The summed E-state index contributed by atoms with van der Waals surface area (Å²) in [7, 11) is 3.97. The van der Waals surface area contributed by atoms with Gasteiger partial charge in [-0.3, -0.25) is 24.6 Å². The maximum atomic E-state index is 12.6. The fraction of sp³-hybridized carbons (Fsp3) is 0.650. The normalized spacial score (nSPS) is 21.8. The Labute approximate surface area is 166 Å². The molecule has 8 nitrogen and oxygen atoms in total. The van der Waals surface area contributed by atoms with Crippen LogP contribution in [0.25, 0.3) is 0 Å². The fourth-order valence-corrected chi connectivity index (χ4v) is 4.15. The average molecular weight is 389 g/mol. The number of carbonyl (C=O) groups is 1. The van der Waals surface area contributed by atoms with E-state index in [9.17, 15) is 4.79 Å². The number of nitrogens with zero attached hydrogens (tertiary/aromatic N) is 5. The van der Waals surface area contributed by atoms with E-state index in [4.69, 9.17) is 4.52 Å². The summed E-state index contributed by atoms with van der Waals surface area (Å²) in [5, 5.41) is 11.0. The molecule has 1 fully saturated rings. The number of rotatable bonds is 7.